The molecular weight excluding hydrogens is 280 g/mol. The van der Waals surface area contributed by atoms with Crippen LogP contribution in [0.1, 0.15) is 18.4 Å². The lowest BCUT2D eigenvalue weighted by atomic mass is 9.78. The second kappa shape index (κ2) is 5.98. The predicted molar refractivity (Wildman–Crippen MR) is 80.1 cm³/mol. The molecule has 1 aliphatic rings. The van der Waals surface area contributed by atoms with E-state index >= 15 is 0 Å². The Kier molecular flexibility index (Phi) is 4.54. The van der Waals surface area contributed by atoms with E-state index < -0.39 is 5.41 Å². The number of nitrogens with zero attached hydrogens (tertiary/aromatic N) is 1. The maximum absolute atomic E-state index is 12.7. The number of thiocarbonyl (C=S) groups is 1. The summed E-state index contributed by atoms with van der Waals surface area (Å²) < 4.78 is 5.33. The molecule has 19 heavy (non-hydrogen) atoms. The SMILES string of the molecule is CN(Cc1ccsc1)C(=O)C1(C(N)=S)CCOCC1. The predicted octanol–water partition coefficient (Wildman–Crippen LogP) is 1.79. The number of ether oxygens (including phenoxy) is 1. The summed E-state index contributed by atoms with van der Waals surface area (Å²) in [7, 11) is 1.80. The number of carbonyl (C=O) groups excluding carboxylic acids is 1. The Morgan fingerprint density at radius 3 is 2.79 bits per heavy atom. The first-order valence-electron chi connectivity index (χ1n) is 6.20. The Morgan fingerprint density at radius 2 is 2.26 bits per heavy atom. The zero-order chi connectivity index (χ0) is 13.9. The summed E-state index contributed by atoms with van der Waals surface area (Å²) >= 11 is 6.77. The number of hydrogen-bond donors (Lipinski definition) is 1. The van der Waals surface area contributed by atoms with Crippen molar-refractivity contribution < 1.29 is 9.53 Å². The molecule has 0 unspecified atom stereocenters. The molecule has 1 aromatic heterocycles. The first kappa shape index (κ1) is 14.4. The summed E-state index contributed by atoms with van der Waals surface area (Å²) in [6, 6.07) is 2.02. The standard InChI is InChI=1S/C13H18N2O2S2/c1-15(8-10-2-7-19-9-10)12(16)13(11(14)18)3-5-17-6-4-13/h2,7,9H,3-6,8H2,1H3,(H2,14,18). The van der Waals surface area contributed by atoms with Crippen LogP contribution in [0.5, 0.6) is 0 Å². The molecule has 1 amide bonds. The molecule has 1 fully saturated rings. The molecular formula is C13H18N2O2S2. The summed E-state index contributed by atoms with van der Waals surface area (Å²) in [6.07, 6.45) is 1.16. The van der Waals surface area contributed by atoms with Crippen molar-refractivity contribution >= 4 is 34.5 Å². The number of carbonyl (C=O) groups is 1. The Morgan fingerprint density at radius 1 is 1.58 bits per heavy atom. The first-order chi connectivity index (χ1) is 9.06. The van der Waals surface area contributed by atoms with Crippen LogP contribution in [0.4, 0.5) is 0 Å². The van der Waals surface area contributed by atoms with Gasteiger partial charge in [-0.2, -0.15) is 11.3 Å². The molecule has 0 aliphatic carbocycles. The third-order valence-electron chi connectivity index (χ3n) is 3.57. The van der Waals surface area contributed by atoms with Crippen molar-refractivity contribution in [3.05, 3.63) is 22.4 Å². The van der Waals surface area contributed by atoms with Gasteiger partial charge in [-0.15, -0.1) is 0 Å². The molecule has 2 heterocycles. The Labute approximate surface area is 122 Å². The van der Waals surface area contributed by atoms with Gasteiger partial charge >= 0.3 is 0 Å². The molecule has 1 aromatic rings. The largest absolute Gasteiger partial charge is 0.392 e. The lowest BCUT2D eigenvalue weighted by Gasteiger charge is -2.37. The second-order valence-corrected chi connectivity index (χ2v) is 6.07. The van der Waals surface area contributed by atoms with Crippen LogP contribution in [0, 0.1) is 5.41 Å². The van der Waals surface area contributed by atoms with Crippen LogP contribution < -0.4 is 5.73 Å². The zero-order valence-electron chi connectivity index (χ0n) is 10.9. The lowest BCUT2D eigenvalue weighted by molar-refractivity contribution is -0.141. The van der Waals surface area contributed by atoms with Crippen LogP contribution in [-0.2, 0) is 16.1 Å². The highest BCUT2D eigenvalue weighted by Crippen LogP contribution is 2.33. The molecule has 4 nitrogen and oxygen atoms in total. The van der Waals surface area contributed by atoms with Gasteiger partial charge in [0, 0.05) is 26.8 Å². The van der Waals surface area contributed by atoms with Gasteiger partial charge in [-0.3, -0.25) is 4.79 Å². The van der Waals surface area contributed by atoms with Crippen molar-refractivity contribution in [2.24, 2.45) is 11.1 Å². The average molecular weight is 298 g/mol. The van der Waals surface area contributed by atoms with E-state index in [1.54, 1.807) is 23.3 Å². The van der Waals surface area contributed by atoms with Gasteiger partial charge in [0.05, 0.1) is 4.99 Å². The molecule has 0 spiro atoms. The van der Waals surface area contributed by atoms with E-state index in [9.17, 15) is 4.79 Å². The van der Waals surface area contributed by atoms with E-state index in [4.69, 9.17) is 22.7 Å². The normalized spacial score (nSPS) is 17.9. The lowest BCUT2D eigenvalue weighted by Crippen LogP contribution is -2.52. The van der Waals surface area contributed by atoms with Crippen LogP contribution in [0.2, 0.25) is 0 Å². The third kappa shape index (κ3) is 2.96. The van der Waals surface area contributed by atoms with E-state index in [1.807, 2.05) is 16.8 Å². The fraction of sp³-hybridized carbons (Fsp3) is 0.538. The van der Waals surface area contributed by atoms with Crippen LogP contribution in [-0.4, -0.2) is 36.1 Å². The topological polar surface area (TPSA) is 55.6 Å². The van der Waals surface area contributed by atoms with Gasteiger partial charge in [0.2, 0.25) is 5.91 Å². The Hall–Kier alpha value is -0.980. The molecule has 0 atom stereocenters. The second-order valence-electron chi connectivity index (χ2n) is 4.85. The monoisotopic (exact) mass is 298 g/mol. The summed E-state index contributed by atoms with van der Waals surface area (Å²) in [5, 5.41) is 4.05. The Balaban J connectivity index is 2.13. The van der Waals surface area contributed by atoms with E-state index in [1.165, 1.54) is 0 Å². The molecule has 2 rings (SSSR count). The fourth-order valence-electron chi connectivity index (χ4n) is 2.38. The summed E-state index contributed by atoms with van der Waals surface area (Å²) in [4.78, 5) is 14.7. The van der Waals surface area contributed by atoms with Crippen molar-refractivity contribution in [3.8, 4) is 0 Å². The van der Waals surface area contributed by atoms with Crippen molar-refractivity contribution in [1.82, 2.24) is 4.90 Å². The zero-order valence-corrected chi connectivity index (χ0v) is 12.6. The smallest absolute Gasteiger partial charge is 0.235 e. The van der Waals surface area contributed by atoms with E-state index in [2.05, 4.69) is 0 Å². The summed E-state index contributed by atoms with van der Waals surface area (Å²) in [6.45, 7) is 1.66. The molecule has 0 bridgehead atoms. The minimum atomic E-state index is -0.724. The Bertz CT molecular complexity index is 453. The van der Waals surface area contributed by atoms with Gasteiger partial charge in [0.15, 0.2) is 0 Å². The minimum Gasteiger partial charge on any atom is -0.392 e. The van der Waals surface area contributed by atoms with E-state index in [-0.39, 0.29) is 10.9 Å². The number of nitrogens with two attached hydrogens (primary N) is 1. The number of amides is 1. The van der Waals surface area contributed by atoms with E-state index in [0.717, 1.165) is 5.56 Å². The average Bonchev–Trinajstić information content (AvgIpc) is 2.91. The molecule has 6 heteroatoms. The molecule has 2 N–H and O–H groups in total. The number of rotatable bonds is 4. The van der Waals surface area contributed by atoms with Gasteiger partial charge in [0.25, 0.3) is 0 Å². The molecule has 104 valence electrons. The third-order valence-corrected chi connectivity index (χ3v) is 4.70. The van der Waals surface area contributed by atoms with Gasteiger partial charge in [0.1, 0.15) is 5.41 Å². The summed E-state index contributed by atoms with van der Waals surface area (Å²) in [5.74, 6) is 0.00880. The van der Waals surface area contributed by atoms with Crippen molar-refractivity contribution in [3.63, 3.8) is 0 Å². The van der Waals surface area contributed by atoms with Gasteiger partial charge in [-0.25, -0.2) is 0 Å². The first-order valence-corrected chi connectivity index (χ1v) is 7.56. The minimum absolute atomic E-state index is 0.00880. The van der Waals surface area contributed by atoms with Crippen LogP contribution in [0.15, 0.2) is 16.8 Å². The number of thiophene rings is 1. The van der Waals surface area contributed by atoms with Gasteiger partial charge in [-0.1, -0.05) is 12.2 Å². The van der Waals surface area contributed by atoms with Crippen LogP contribution in [0.3, 0.4) is 0 Å². The van der Waals surface area contributed by atoms with Crippen molar-refractivity contribution in [2.45, 2.75) is 19.4 Å². The summed E-state index contributed by atoms with van der Waals surface area (Å²) in [5.41, 5.74) is 6.25. The van der Waals surface area contributed by atoms with Crippen LogP contribution in [0.25, 0.3) is 0 Å². The van der Waals surface area contributed by atoms with Gasteiger partial charge < -0.3 is 15.4 Å². The van der Waals surface area contributed by atoms with Crippen molar-refractivity contribution in [2.75, 3.05) is 20.3 Å². The maximum atomic E-state index is 12.7. The highest BCUT2D eigenvalue weighted by molar-refractivity contribution is 7.80. The van der Waals surface area contributed by atoms with Crippen LogP contribution >= 0.6 is 23.6 Å². The van der Waals surface area contributed by atoms with E-state index in [0.29, 0.717) is 32.6 Å². The highest BCUT2D eigenvalue weighted by atomic mass is 32.1. The maximum Gasteiger partial charge on any atom is 0.235 e. The van der Waals surface area contributed by atoms with Crippen molar-refractivity contribution in [1.29, 1.82) is 0 Å². The molecule has 1 aliphatic heterocycles. The molecule has 0 aromatic carbocycles. The molecule has 0 saturated carbocycles. The highest BCUT2D eigenvalue weighted by Gasteiger charge is 2.44. The molecule has 1 saturated heterocycles. The quantitative estimate of drug-likeness (QED) is 0.861. The number of hydrogen-bond acceptors (Lipinski definition) is 4. The van der Waals surface area contributed by atoms with Gasteiger partial charge in [-0.05, 0) is 35.2 Å². The fourth-order valence-corrected chi connectivity index (χ4v) is 3.33. The molecule has 0 radical (unpaired) electrons.